The monoisotopic (exact) mass is 295 g/mol. The van der Waals surface area contributed by atoms with Gasteiger partial charge in [-0.25, -0.2) is 0 Å². The number of rotatable bonds is 4. The summed E-state index contributed by atoms with van der Waals surface area (Å²) in [5.41, 5.74) is 7.18. The van der Waals surface area contributed by atoms with Crippen LogP contribution >= 0.6 is 0 Å². The minimum Gasteiger partial charge on any atom is -0.349 e. The Morgan fingerprint density at radius 3 is 2.32 bits per heavy atom. The van der Waals surface area contributed by atoms with Crippen molar-refractivity contribution in [3.8, 4) is 0 Å². The first-order valence-corrected chi connectivity index (χ1v) is 7.79. The van der Waals surface area contributed by atoms with Crippen LogP contribution in [0.25, 0.3) is 0 Å². The van der Waals surface area contributed by atoms with E-state index >= 15 is 0 Å². The van der Waals surface area contributed by atoms with Gasteiger partial charge in [0.1, 0.15) is 0 Å². The van der Waals surface area contributed by atoms with E-state index in [0.29, 0.717) is 6.42 Å². The first-order valence-electron chi connectivity index (χ1n) is 7.79. The van der Waals surface area contributed by atoms with Gasteiger partial charge in [-0.1, -0.05) is 42.0 Å². The van der Waals surface area contributed by atoms with Crippen LogP contribution in [0.4, 0.5) is 0 Å². The van der Waals surface area contributed by atoms with Gasteiger partial charge in [0.25, 0.3) is 0 Å². The Balaban J connectivity index is 2.03. The third kappa shape index (κ3) is 3.97. The molecule has 0 saturated heterocycles. The average molecular weight is 295 g/mol. The van der Waals surface area contributed by atoms with Crippen LogP contribution in [0.1, 0.15) is 46.3 Å². The van der Waals surface area contributed by atoms with Crippen LogP contribution in [0.2, 0.25) is 0 Å². The van der Waals surface area contributed by atoms with Gasteiger partial charge < -0.3 is 5.32 Å². The summed E-state index contributed by atoms with van der Waals surface area (Å²) in [5.74, 6) is 0.0673. The molecule has 0 spiro atoms. The lowest BCUT2D eigenvalue weighted by Crippen LogP contribution is -2.28. The average Bonchev–Trinajstić information content (AvgIpc) is 2.45. The lowest BCUT2D eigenvalue weighted by atomic mass is 10.0. The van der Waals surface area contributed by atoms with Crippen molar-refractivity contribution in [2.45, 2.75) is 47.1 Å². The zero-order valence-electron chi connectivity index (χ0n) is 14.2. The highest BCUT2D eigenvalue weighted by Gasteiger charge is 2.12. The number of nitrogens with one attached hydrogen (secondary N) is 1. The summed E-state index contributed by atoms with van der Waals surface area (Å²) in [6.45, 7) is 10.4. The normalized spacial score (nSPS) is 12.0. The summed E-state index contributed by atoms with van der Waals surface area (Å²) < 4.78 is 0. The molecule has 1 unspecified atom stereocenters. The molecule has 2 nitrogen and oxygen atoms in total. The largest absolute Gasteiger partial charge is 0.349 e. The van der Waals surface area contributed by atoms with Gasteiger partial charge in [-0.15, -0.1) is 0 Å². The third-order valence-electron chi connectivity index (χ3n) is 4.26. The van der Waals surface area contributed by atoms with Gasteiger partial charge >= 0.3 is 0 Å². The second-order valence-electron chi connectivity index (χ2n) is 6.24. The number of amides is 1. The van der Waals surface area contributed by atoms with Crippen LogP contribution in [0.5, 0.6) is 0 Å². The van der Waals surface area contributed by atoms with Gasteiger partial charge in [0.15, 0.2) is 0 Å². The predicted octanol–water partition coefficient (Wildman–Crippen LogP) is 4.34. The molecular formula is C20H25NO. The van der Waals surface area contributed by atoms with Crippen LogP contribution in [-0.2, 0) is 11.2 Å². The quantitative estimate of drug-likeness (QED) is 0.893. The fraction of sp³-hybridized carbons (Fsp3) is 0.350. The molecule has 0 aliphatic heterocycles. The standard InChI is InChI=1S/C20H25NO/c1-13-6-8-18(16(4)10-13)12-20(22)21-17(5)19-9-7-14(2)15(3)11-19/h6-11,17H,12H2,1-5H3,(H,21,22). The molecule has 0 heterocycles. The van der Waals surface area contributed by atoms with Crippen molar-refractivity contribution in [3.63, 3.8) is 0 Å². The highest BCUT2D eigenvalue weighted by molar-refractivity contribution is 5.79. The van der Waals surface area contributed by atoms with E-state index < -0.39 is 0 Å². The van der Waals surface area contributed by atoms with Crippen LogP contribution < -0.4 is 5.32 Å². The van der Waals surface area contributed by atoms with E-state index in [4.69, 9.17) is 0 Å². The van der Waals surface area contributed by atoms with Crippen LogP contribution in [-0.4, -0.2) is 5.91 Å². The van der Waals surface area contributed by atoms with Crippen molar-refractivity contribution in [2.24, 2.45) is 0 Å². The number of benzene rings is 2. The van der Waals surface area contributed by atoms with Crippen molar-refractivity contribution in [2.75, 3.05) is 0 Å². The first kappa shape index (κ1) is 16.3. The van der Waals surface area contributed by atoms with E-state index in [2.05, 4.69) is 63.3 Å². The van der Waals surface area contributed by atoms with Crippen molar-refractivity contribution in [1.29, 1.82) is 0 Å². The summed E-state index contributed by atoms with van der Waals surface area (Å²) >= 11 is 0. The molecule has 0 bridgehead atoms. The maximum absolute atomic E-state index is 12.3. The second-order valence-corrected chi connectivity index (χ2v) is 6.24. The number of hydrogen-bond acceptors (Lipinski definition) is 1. The highest BCUT2D eigenvalue weighted by Crippen LogP contribution is 2.17. The van der Waals surface area contributed by atoms with E-state index in [1.807, 2.05) is 13.0 Å². The van der Waals surface area contributed by atoms with Gasteiger partial charge in [-0.3, -0.25) is 4.79 Å². The van der Waals surface area contributed by atoms with Gasteiger partial charge in [0, 0.05) is 0 Å². The number of carbonyl (C=O) groups is 1. The topological polar surface area (TPSA) is 29.1 Å². The van der Waals surface area contributed by atoms with Crippen molar-refractivity contribution in [1.82, 2.24) is 5.32 Å². The van der Waals surface area contributed by atoms with Gasteiger partial charge in [0.2, 0.25) is 5.91 Å². The van der Waals surface area contributed by atoms with Crippen molar-refractivity contribution in [3.05, 3.63) is 69.8 Å². The molecule has 0 aromatic heterocycles. The predicted molar refractivity (Wildman–Crippen MR) is 92.1 cm³/mol. The lowest BCUT2D eigenvalue weighted by Gasteiger charge is -2.16. The molecule has 0 saturated carbocycles. The van der Waals surface area contributed by atoms with E-state index in [9.17, 15) is 4.79 Å². The minimum atomic E-state index is 0.0255. The Bertz CT molecular complexity index is 688. The third-order valence-corrected chi connectivity index (χ3v) is 4.26. The maximum atomic E-state index is 12.3. The zero-order chi connectivity index (χ0) is 16.3. The molecule has 0 radical (unpaired) electrons. The summed E-state index contributed by atoms with van der Waals surface area (Å²) in [6.07, 6.45) is 0.432. The van der Waals surface area contributed by atoms with E-state index in [1.165, 1.54) is 22.3 Å². The summed E-state index contributed by atoms with van der Waals surface area (Å²) in [5, 5.41) is 3.09. The van der Waals surface area contributed by atoms with Gasteiger partial charge in [-0.2, -0.15) is 0 Å². The molecule has 2 aromatic carbocycles. The summed E-state index contributed by atoms with van der Waals surface area (Å²) in [4.78, 5) is 12.3. The summed E-state index contributed by atoms with van der Waals surface area (Å²) in [7, 11) is 0. The Morgan fingerprint density at radius 2 is 1.68 bits per heavy atom. The van der Waals surface area contributed by atoms with E-state index in [1.54, 1.807) is 0 Å². The fourth-order valence-electron chi connectivity index (χ4n) is 2.63. The summed E-state index contributed by atoms with van der Waals surface area (Å²) in [6, 6.07) is 12.6. The zero-order valence-corrected chi connectivity index (χ0v) is 14.2. The molecule has 0 fully saturated rings. The molecule has 1 atom stereocenters. The molecule has 1 N–H and O–H groups in total. The number of carbonyl (C=O) groups excluding carboxylic acids is 1. The molecule has 116 valence electrons. The molecule has 0 aliphatic carbocycles. The SMILES string of the molecule is Cc1ccc(CC(=O)NC(C)c2ccc(C)c(C)c2)c(C)c1. The van der Waals surface area contributed by atoms with E-state index in [-0.39, 0.29) is 11.9 Å². The highest BCUT2D eigenvalue weighted by atomic mass is 16.1. The van der Waals surface area contributed by atoms with Crippen molar-refractivity contribution >= 4 is 5.91 Å². The van der Waals surface area contributed by atoms with Crippen LogP contribution in [0.3, 0.4) is 0 Å². The molecular weight excluding hydrogens is 270 g/mol. The van der Waals surface area contributed by atoms with Crippen LogP contribution in [0.15, 0.2) is 36.4 Å². The maximum Gasteiger partial charge on any atom is 0.224 e. The minimum absolute atomic E-state index is 0.0255. The fourth-order valence-corrected chi connectivity index (χ4v) is 2.63. The lowest BCUT2D eigenvalue weighted by molar-refractivity contribution is -0.121. The molecule has 2 aromatic rings. The Morgan fingerprint density at radius 1 is 0.955 bits per heavy atom. The molecule has 22 heavy (non-hydrogen) atoms. The molecule has 2 rings (SSSR count). The molecule has 0 aliphatic rings. The molecule has 2 heteroatoms. The Kier molecular flexibility index (Phi) is 5.02. The van der Waals surface area contributed by atoms with Crippen LogP contribution in [0, 0.1) is 27.7 Å². The van der Waals surface area contributed by atoms with Crippen molar-refractivity contribution < 1.29 is 4.79 Å². The number of hydrogen-bond donors (Lipinski definition) is 1. The molecule has 1 amide bonds. The van der Waals surface area contributed by atoms with Gasteiger partial charge in [0.05, 0.1) is 12.5 Å². The number of aryl methyl sites for hydroxylation is 4. The smallest absolute Gasteiger partial charge is 0.224 e. The Labute approximate surface area is 133 Å². The van der Waals surface area contributed by atoms with Gasteiger partial charge in [-0.05, 0) is 62.4 Å². The Hall–Kier alpha value is -2.09. The second kappa shape index (κ2) is 6.78. The first-order chi connectivity index (χ1) is 10.4. The van der Waals surface area contributed by atoms with E-state index in [0.717, 1.165) is 11.1 Å².